The predicted octanol–water partition coefficient (Wildman–Crippen LogP) is 3.78. The molecule has 2 heteroatoms. The van der Waals surface area contributed by atoms with Crippen LogP contribution in [0.1, 0.15) is 27.7 Å². The fourth-order valence-electron chi connectivity index (χ4n) is 1.49. The first kappa shape index (κ1) is 10.5. The molecule has 2 atom stereocenters. The monoisotopic (exact) mass is 202 g/mol. The predicted molar refractivity (Wildman–Crippen MR) is 61.9 cm³/mol. The highest BCUT2D eigenvalue weighted by Gasteiger charge is 2.35. The maximum absolute atomic E-state index is 2.36. The molecular weight excluding hydrogens is 184 g/mol. The third-order valence-electron chi connectivity index (χ3n) is 3.09. The summed E-state index contributed by atoms with van der Waals surface area (Å²) in [6.07, 6.45) is 2.22. The van der Waals surface area contributed by atoms with Gasteiger partial charge in [0.05, 0.1) is 4.08 Å². The maximum atomic E-state index is 2.36. The van der Waals surface area contributed by atoms with E-state index < -0.39 is 0 Å². The number of thioether (sulfide) groups is 2. The molecule has 0 aromatic heterocycles. The van der Waals surface area contributed by atoms with E-state index >= 15 is 0 Å². The number of hydrogen-bond donors (Lipinski definition) is 0. The van der Waals surface area contributed by atoms with Gasteiger partial charge in [-0.3, -0.25) is 0 Å². The van der Waals surface area contributed by atoms with Crippen LogP contribution in [0.2, 0.25) is 0 Å². The molecule has 0 bridgehead atoms. The van der Waals surface area contributed by atoms with Gasteiger partial charge in [-0.1, -0.05) is 18.1 Å². The molecule has 0 aromatic rings. The van der Waals surface area contributed by atoms with Crippen LogP contribution in [-0.4, -0.2) is 16.1 Å². The van der Waals surface area contributed by atoms with Gasteiger partial charge in [0.1, 0.15) is 0 Å². The van der Waals surface area contributed by atoms with Crippen LogP contribution in [0.15, 0.2) is 11.1 Å². The molecule has 1 rings (SSSR count). The molecule has 0 radical (unpaired) electrons. The van der Waals surface area contributed by atoms with Gasteiger partial charge in [0, 0.05) is 11.7 Å². The average Bonchev–Trinajstić information content (AvgIpc) is 2.09. The number of hydrogen-bond acceptors (Lipinski definition) is 2. The van der Waals surface area contributed by atoms with Gasteiger partial charge < -0.3 is 0 Å². The third kappa shape index (κ3) is 1.69. The summed E-state index contributed by atoms with van der Waals surface area (Å²) in [5.74, 6) is 1.93. The molecule has 0 fully saturated rings. The van der Waals surface area contributed by atoms with Crippen LogP contribution in [0.3, 0.4) is 0 Å². The van der Waals surface area contributed by atoms with Crippen LogP contribution < -0.4 is 0 Å². The Balaban J connectivity index is 2.90. The molecule has 0 saturated carbocycles. The molecule has 70 valence electrons. The van der Waals surface area contributed by atoms with Crippen molar-refractivity contribution in [3.05, 3.63) is 11.1 Å². The standard InChI is InChI=1S/C10H18S2/c1-7-6-12-10(4,11-5)9(3)8(7)2/h9H,6H2,1-5H3. The third-order valence-corrected chi connectivity index (χ3v) is 6.61. The first-order valence-corrected chi connectivity index (χ1v) is 6.57. The molecule has 2 unspecified atom stereocenters. The van der Waals surface area contributed by atoms with Gasteiger partial charge in [-0.15, -0.1) is 23.5 Å². The van der Waals surface area contributed by atoms with Crippen molar-refractivity contribution in [3.8, 4) is 0 Å². The molecule has 0 aliphatic carbocycles. The van der Waals surface area contributed by atoms with Crippen molar-refractivity contribution in [2.75, 3.05) is 12.0 Å². The molecule has 1 aliphatic rings. The van der Waals surface area contributed by atoms with Gasteiger partial charge in [0.25, 0.3) is 0 Å². The Morgan fingerprint density at radius 1 is 1.50 bits per heavy atom. The summed E-state index contributed by atoms with van der Waals surface area (Å²) >= 11 is 4.08. The Bertz CT molecular complexity index is 208. The lowest BCUT2D eigenvalue weighted by Gasteiger charge is -2.39. The summed E-state index contributed by atoms with van der Waals surface area (Å²) < 4.78 is 0.406. The first-order valence-electron chi connectivity index (χ1n) is 4.36. The number of rotatable bonds is 1. The zero-order valence-electron chi connectivity index (χ0n) is 8.60. The minimum absolute atomic E-state index is 0.406. The molecule has 0 saturated heterocycles. The molecule has 0 amide bonds. The van der Waals surface area contributed by atoms with Crippen LogP contribution in [0.4, 0.5) is 0 Å². The van der Waals surface area contributed by atoms with Gasteiger partial charge in [-0.2, -0.15) is 0 Å². The van der Waals surface area contributed by atoms with Gasteiger partial charge in [0.2, 0.25) is 0 Å². The van der Waals surface area contributed by atoms with Crippen molar-refractivity contribution in [3.63, 3.8) is 0 Å². The molecule has 0 N–H and O–H groups in total. The highest BCUT2D eigenvalue weighted by atomic mass is 32.2. The molecular formula is C10H18S2. The van der Waals surface area contributed by atoms with Crippen LogP contribution in [0, 0.1) is 5.92 Å². The van der Waals surface area contributed by atoms with Crippen LogP contribution in [0.25, 0.3) is 0 Å². The fourth-order valence-corrected chi connectivity index (χ4v) is 3.83. The quantitative estimate of drug-likeness (QED) is 0.593. The van der Waals surface area contributed by atoms with Crippen LogP contribution in [-0.2, 0) is 0 Å². The Kier molecular flexibility index (Phi) is 3.21. The van der Waals surface area contributed by atoms with Gasteiger partial charge in [-0.25, -0.2) is 0 Å². The second-order valence-electron chi connectivity index (χ2n) is 3.69. The average molecular weight is 202 g/mol. The summed E-state index contributed by atoms with van der Waals surface area (Å²) in [6.45, 7) is 9.26. The minimum atomic E-state index is 0.406. The molecule has 1 heterocycles. The van der Waals surface area contributed by atoms with Crippen LogP contribution >= 0.6 is 23.5 Å². The van der Waals surface area contributed by atoms with E-state index in [2.05, 4.69) is 45.7 Å². The first-order chi connectivity index (χ1) is 5.51. The second kappa shape index (κ2) is 3.67. The second-order valence-corrected chi connectivity index (χ2v) is 6.63. The minimum Gasteiger partial charge on any atom is -0.147 e. The molecule has 12 heavy (non-hydrogen) atoms. The van der Waals surface area contributed by atoms with Crippen molar-refractivity contribution in [1.29, 1.82) is 0 Å². The summed E-state index contributed by atoms with van der Waals surface area (Å²) in [7, 11) is 0. The van der Waals surface area contributed by atoms with Gasteiger partial charge in [0.15, 0.2) is 0 Å². The maximum Gasteiger partial charge on any atom is 0.0645 e. The molecule has 0 aromatic carbocycles. The van der Waals surface area contributed by atoms with Crippen molar-refractivity contribution < 1.29 is 0 Å². The smallest absolute Gasteiger partial charge is 0.0645 e. The van der Waals surface area contributed by atoms with E-state index in [9.17, 15) is 0 Å². The lowest BCUT2D eigenvalue weighted by Crippen LogP contribution is -2.30. The van der Waals surface area contributed by atoms with Crippen molar-refractivity contribution in [2.24, 2.45) is 5.92 Å². The lowest BCUT2D eigenvalue weighted by molar-refractivity contribution is 0.619. The molecule has 1 aliphatic heterocycles. The zero-order valence-corrected chi connectivity index (χ0v) is 10.2. The number of allylic oxidation sites excluding steroid dienone is 1. The Labute approximate surface area is 84.6 Å². The van der Waals surface area contributed by atoms with E-state index in [0.29, 0.717) is 10.00 Å². The van der Waals surface area contributed by atoms with E-state index in [0.717, 1.165) is 0 Å². The largest absolute Gasteiger partial charge is 0.147 e. The lowest BCUT2D eigenvalue weighted by atomic mass is 9.95. The topological polar surface area (TPSA) is 0 Å². The van der Waals surface area contributed by atoms with E-state index in [1.807, 2.05) is 11.8 Å². The van der Waals surface area contributed by atoms with Gasteiger partial charge >= 0.3 is 0 Å². The fraction of sp³-hybridized carbons (Fsp3) is 0.800. The highest BCUT2D eigenvalue weighted by Crippen LogP contribution is 2.49. The SMILES string of the molecule is CSC1(C)SCC(C)=C(C)C1C. The van der Waals surface area contributed by atoms with E-state index in [4.69, 9.17) is 0 Å². The summed E-state index contributed by atoms with van der Waals surface area (Å²) in [4.78, 5) is 0. The summed E-state index contributed by atoms with van der Waals surface area (Å²) in [5, 5.41) is 0. The normalized spacial score (nSPS) is 37.2. The zero-order chi connectivity index (χ0) is 9.35. The van der Waals surface area contributed by atoms with E-state index in [-0.39, 0.29) is 0 Å². The Hall–Kier alpha value is 0.440. The summed E-state index contributed by atoms with van der Waals surface area (Å²) in [6, 6.07) is 0. The van der Waals surface area contributed by atoms with E-state index in [1.54, 1.807) is 11.1 Å². The molecule has 0 nitrogen and oxygen atoms in total. The highest BCUT2D eigenvalue weighted by molar-refractivity contribution is 8.18. The van der Waals surface area contributed by atoms with Crippen molar-refractivity contribution in [1.82, 2.24) is 0 Å². The summed E-state index contributed by atoms with van der Waals surface area (Å²) in [5.41, 5.74) is 3.18. The van der Waals surface area contributed by atoms with Crippen LogP contribution in [0.5, 0.6) is 0 Å². The molecule has 0 spiro atoms. The van der Waals surface area contributed by atoms with E-state index in [1.165, 1.54) is 5.75 Å². The van der Waals surface area contributed by atoms with Crippen molar-refractivity contribution in [2.45, 2.75) is 31.8 Å². The Morgan fingerprint density at radius 3 is 2.58 bits per heavy atom. The van der Waals surface area contributed by atoms with Crippen molar-refractivity contribution >= 4 is 23.5 Å². The van der Waals surface area contributed by atoms with Gasteiger partial charge in [-0.05, 0) is 27.0 Å². The Morgan fingerprint density at radius 2 is 2.08 bits per heavy atom.